The highest BCUT2D eigenvalue weighted by Gasteiger charge is 2.32. The Balaban J connectivity index is 1.72. The normalized spacial score (nSPS) is 20.9. The Kier molecular flexibility index (Phi) is 5.12. The van der Waals surface area contributed by atoms with E-state index in [-0.39, 0.29) is 12.1 Å². The number of ether oxygens (including phenoxy) is 2. The Morgan fingerprint density at radius 3 is 2.46 bits per heavy atom. The van der Waals surface area contributed by atoms with Gasteiger partial charge in [-0.3, -0.25) is 0 Å². The lowest BCUT2D eigenvalue weighted by atomic mass is 9.85. The first kappa shape index (κ1) is 18.6. The Morgan fingerprint density at radius 1 is 1.12 bits per heavy atom. The van der Waals surface area contributed by atoms with Crippen LogP contribution in [-0.2, 0) is 4.74 Å². The smallest absolute Gasteiger partial charge is 0.410 e. The van der Waals surface area contributed by atoms with Crippen LogP contribution >= 0.6 is 0 Å². The number of hydrogen-bond donors (Lipinski definition) is 0. The van der Waals surface area contributed by atoms with Crippen LogP contribution in [0.4, 0.5) is 4.79 Å². The molecule has 2 aromatic rings. The number of piperidine rings is 1. The number of benzene rings is 2. The van der Waals surface area contributed by atoms with E-state index in [2.05, 4.69) is 37.3 Å². The molecule has 0 spiro atoms. The zero-order valence-corrected chi connectivity index (χ0v) is 16.4. The summed E-state index contributed by atoms with van der Waals surface area (Å²) in [6, 6.07) is 13.0. The summed E-state index contributed by atoms with van der Waals surface area (Å²) in [7, 11) is 1.69. The highest BCUT2D eigenvalue weighted by atomic mass is 16.6. The van der Waals surface area contributed by atoms with E-state index in [0.717, 1.165) is 25.1 Å². The van der Waals surface area contributed by atoms with Crippen LogP contribution in [0.25, 0.3) is 10.8 Å². The van der Waals surface area contributed by atoms with Crippen molar-refractivity contribution in [1.82, 2.24) is 4.90 Å². The van der Waals surface area contributed by atoms with Crippen LogP contribution in [-0.4, -0.2) is 36.3 Å². The molecule has 1 aliphatic rings. The van der Waals surface area contributed by atoms with E-state index in [1.807, 2.05) is 31.7 Å². The number of fused-ring (bicyclic) bond motifs is 1. The van der Waals surface area contributed by atoms with Crippen molar-refractivity contribution in [2.75, 3.05) is 13.7 Å². The largest absolute Gasteiger partial charge is 0.497 e. The first-order valence-electron chi connectivity index (χ1n) is 9.34. The molecule has 0 radical (unpaired) electrons. The minimum Gasteiger partial charge on any atom is -0.497 e. The Bertz CT molecular complexity index is 794. The zero-order valence-electron chi connectivity index (χ0n) is 16.4. The van der Waals surface area contributed by atoms with Crippen LogP contribution in [0.5, 0.6) is 5.75 Å². The maximum absolute atomic E-state index is 12.4. The molecule has 2 atom stereocenters. The molecule has 1 aliphatic heterocycles. The van der Waals surface area contributed by atoms with Crippen LogP contribution in [0.15, 0.2) is 36.4 Å². The predicted octanol–water partition coefficient (Wildman–Crippen LogP) is 5.35. The highest BCUT2D eigenvalue weighted by Crippen LogP contribution is 2.34. The molecule has 2 unspecified atom stereocenters. The monoisotopic (exact) mass is 355 g/mol. The van der Waals surface area contributed by atoms with Crippen molar-refractivity contribution in [2.45, 2.75) is 58.1 Å². The summed E-state index contributed by atoms with van der Waals surface area (Å²) in [5.41, 5.74) is 0.894. The average molecular weight is 355 g/mol. The van der Waals surface area contributed by atoms with Gasteiger partial charge in [-0.25, -0.2) is 4.79 Å². The minimum atomic E-state index is -0.451. The van der Waals surface area contributed by atoms with Crippen molar-refractivity contribution in [1.29, 1.82) is 0 Å². The fourth-order valence-corrected chi connectivity index (χ4v) is 3.69. The molecule has 1 heterocycles. The molecule has 4 heteroatoms. The number of amides is 1. The van der Waals surface area contributed by atoms with Crippen LogP contribution in [0, 0.1) is 0 Å². The summed E-state index contributed by atoms with van der Waals surface area (Å²) in [5, 5.41) is 2.41. The zero-order chi connectivity index (χ0) is 18.9. The molecule has 26 heavy (non-hydrogen) atoms. The number of carbonyl (C=O) groups excluding carboxylic acids is 1. The van der Waals surface area contributed by atoms with Gasteiger partial charge in [0.15, 0.2) is 0 Å². The van der Waals surface area contributed by atoms with Gasteiger partial charge in [0.1, 0.15) is 11.4 Å². The van der Waals surface area contributed by atoms with E-state index in [9.17, 15) is 4.79 Å². The van der Waals surface area contributed by atoms with Crippen LogP contribution in [0.1, 0.15) is 52.0 Å². The standard InChI is InChI=1S/C22H29NO3/c1-15-12-19(10-11-23(15)21(24)26-22(2,3)4)16-6-7-18-14-20(25-5)9-8-17(18)13-16/h6-9,13-15,19H,10-12H2,1-5H3. The second kappa shape index (κ2) is 7.18. The molecule has 0 aromatic heterocycles. The lowest BCUT2D eigenvalue weighted by Crippen LogP contribution is -2.46. The van der Waals surface area contributed by atoms with Gasteiger partial charge in [-0.05, 0) is 74.9 Å². The van der Waals surface area contributed by atoms with Gasteiger partial charge in [0.05, 0.1) is 7.11 Å². The van der Waals surface area contributed by atoms with Crippen molar-refractivity contribution in [3.05, 3.63) is 42.0 Å². The molecule has 1 fully saturated rings. The Labute approximate surface area is 156 Å². The highest BCUT2D eigenvalue weighted by molar-refractivity contribution is 5.84. The van der Waals surface area contributed by atoms with Crippen LogP contribution in [0.3, 0.4) is 0 Å². The van der Waals surface area contributed by atoms with E-state index in [1.165, 1.54) is 16.3 Å². The van der Waals surface area contributed by atoms with Gasteiger partial charge in [0.25, 0.3) is 0 Å². The molecule has 3 rings (SSSR count). The Morgan fingerprint density at radius 2 is 1.81 bits per heavy atom. The van der Waals surface area contributed by atoms with Gasteiger partial charge in [0, 0.05) is 12.6 Å². The fraction of sp³-hybridized carbons (Fsp3) is 0.500. The van der Waals surface area contributed by atoms with Gasteiger partial charge in [-0.15, -0.1) is 0 Å². The summed E-state index contributed by atoms with van der Waals surface area (Å²) >= 11 is 0. The molecule has 0 N–H and O–H groups in total. The molecular formula is C22H29NO3. The number of rotatable bonds is 2. The summed E-state index contributed by atoms with van der Waals surface area (Å²) in [5.74, 6) is 1.35. The number of methoxy groups -OCH3 is 1. The first-order chi connectivity index (χ1) is 12.3. The van der Waals surface area contributed by atoms with Gasteiger partial charge in [-0.2, -0.15) is 0 Å². The maximum atomic E-state index is 12.4. The fourth-order valence-electron chi connectivity index (χ4n) is 3.69. The number of carbonyl (C=O) groups is 1. The Hall–Kier alpha value is -2.23. The molecular weight excluding hydrogens is 326 g/mol. The second-order valence-electron chi connectivity index (χ2n) is 8.22. The molecule has 0 saturated carbocycles. The number of nitrogens with zero attached hydrogens (tertiary/aromatic N) is 1. The van der Waals surface area contributed by atoms with Crippen LogP contribution in [0.2, 0.25) is 0 Å². The topological polar surface area (TPSA) is 38.8 Å². The molecule has 1 amide bonds. The van der Waals surface area contributed by atoms with Crippen molar-refractivity contribution in [3.63, 3.8) is 0 Å². The molecule has 2 aromatic carbocycles. The van der Waals surface area contributed by atoms with Gasteiger partial charge in [-0.1, -0.05) is 24.3 Å². The van der Waals surface area contributed by atoms with E-state index in [0.29, 0.717) is 5.92 Å². The third kappa shape index (κ3) is 4.12. The number of hydrogen-bond acceptors (Lipinski definition) is 3. The van der Waals surface area contributed by atoms with E-state index >= 15 is 0 Å². The van der Waals surface area contributed by atoms with E-state index < -0.39 is 5.60 Å². The summed E-state index contributed by atoms with van der Waals surface area (Å²) < 4.78 is 10.8. The van der Waals surface area contributed by atoms with E-state index in [4.69, 9.17) is 9.47 Å². The first-order valence-corrected chi connectivity index (χ1v) is 9.34. The molecule has 0 bridgehead atoms. The lowest BCUT2D eigenvalue weighted by molar-refractivity contribution is 0.0104. The quantitative estimate of drug-likeness (QED) is 0.729. The van der Waals surface area contributed by atoms with Crippen LogP contribution < -0.4 is 4.74 Å². The SMILES string of the molecule is COc1ccc2cc(C3CCN(C(=O)OC(C)(C)C)C(C)C3)ccc2c1. The second-order valence-corrected chi connectivity index (χ2v) is 8.22. The third-order valence-corrected chi connectivity index (χ3v) is 5.05. The summed E-state index contributed by atoms with van der Waals surface area (Å²) in [6.45, 7) is 8.58. The average Bonchev–Trinajstić information content (AvgIpc) is 2.59. The van der Waals surface area contributed by atoms with E-state index in [1.54, 1.807) is 7.11 Å². The molecule has 4 nitrogen and oxygen atoms in total. The molecule has 1 saturated heterocycles. The lowest BCUT2D eigenvalue weighted by Gasteiger charge is -2.38. The summed E-state index contributed by atoms with van der Waals surface area (Å²) in [6.07, 6.45) is 1.72. The van der Waals surface area contributed by atoms with Gasteiger partial charge >= 0.3 is 6.09 Å². The maximum Gasteiger partial charge on any atom is 0.410 e. The third-order valence-electron chi connectivity index (χ3n) is 5.05. The van der Waals surface area contributed by atoms with Gasteiger partial charge < -0.3 is 14.4 Å². The van der Waals surface area contributed by atoms with Gasteiger partial charge in [0.2, 0.25) is 0 Å². The predicted molar refractivity (Wildman–Crippen MR) is 105 cm³/mol. The van der Waals surface area contributed by atoms with Crippen molar-refractivity contribution >= 4 is 16.9 Å². The van der Waals surface area contributed by atoms with Crippen molar-refractivity contribution < 1.29 is 14.3 Å². The number of likely N-dealkylation sites (tertiary alicyclic amines) is 1. The molecule has 0 aliphatic carbocycles. The molecule has 140 valence electrons. The summed E-state index contributed by atoms with van der Waals surface area (Å²) in [4.78, 5) is 14.3. The van der Waals surface area contributed by atoms with Crippen molar-refractivity contribution in [2.24, 2.45) is 0 Å². The minimum absolute atomic E-state index is 0.176. The van der Waals surface area contributed by atoms with Crippen molar-refractivity contribution in [3.8, 4) is 5.75 Å².